The molecule has 0 unspecified atom stereocenters. The van der Waals surface area contributed by atoms with E-state index in [0.717, 1.165) is 18.6 Å². The van der Waals surface area contributed by atoms with Crippen molar-refractivity contribution in [3.05, 3.63) is 41.5 Å². The summed E-state index contributed by atoms with van der Waals surface area (Å²) < 4.78 is 11.2. The number of benzene rings is 1. The Morgan fingerprint density at radius 2 is 2.05 bits per heavy atom. The Balaban J connectivity index is 1.84. The third-order valence-corrected chi connectivity index (χ3v) is 4.25. The van der Waals surface area contributed by atoms with E-state index >= 15 is 0 Å². The van der Waals surface area contributed by atoms with Crippen molar-refractivity contribution in [1.29, 1.82) is 0 Å². The summed E-state index contributed by atoms with van der Waals surface area (Å²) in [5.41, 5.74) is 1.17. The summed E-state index contributed by atoms with van der Waals surface area (Å²) in [6.07, 6.45) is 6.69. The minimum Gasteiger partial charge on any atom is -0.497 e. The van der Waals surface area contributed by atoms with Gasteiger partial charge in [-0.3, -0.25) is 4.79 Å². The van der Waals surface area contributed by atoms with Crippen LogP contribution in [-0.2, 0) is 4.74 Å². The molecule has 0 radical (unpaired) electrons. The molecule has 2 atom stereocenters. The van der Waals surface area contributed by atoms with Gasteiger partial charge < -0.3 is 9.47 Å². The molecule has 0 bridgehead atoms. The normalized spacial score (nSPS) is 28.7. The molecule has 1 aromatic carbocycles. The van der Waals surface area contributed by atoms with E-state index in [1.165, 1.54) is 18.4 Å². The Morgan fingerprint density at radius 3 is 2.70 bits per heavy atom. The maximum absolute atomic E-state index is 12.7. The second-order valence-electron chi connectivity index (χ2n) is 5.74. The van der Waals surface area contributed by atoms with Crippen molar-refractivity contribution in [3.63, 3.8) is 0 Å². The fourth-order valence-corrected chi connectivity index (χ4v) is 3.14. The Bertz CT molecular complexity index is 544. The number of Topliss-reactive ketones (excluding diaryl/α,β-unsaturated/α-hetero) is 1. The highest BCUT2D eigenvalue weighted by atomic mass is 16.5. The largest absolute Gasteiger partial charge is 0.497 e. The first-order chi connectivity index (χ1) is 9.62. The average Bonchev–Trinajstić information content (AvgIpc) is 2.84. The van der Waals surface area contributed by atoms with E-state index in [4.69, 9.17) is 9.47 Å². The molecule has 0 amide bonds. The smallest absolute Gasteiger partial charge is 0.198 e. The van der Waals surface area contributed by atoms with Gasteiger partial charge in [0.1, 0.15) is 11.4 Å². The highest BCUT2D eigenvalue weighted by molar-refractivity contribution is 6.04. The zero-order valence-electron chi connectivity index (χ0n) is 12.0. The number of ether oxygens (including phenoxy) is 2. The van der Waals surface area contributed by atoms with Gasteiger partial charge in [0.05, 0.1) is 13.2 Å². The van der Waals surface area contributed by atoms with E-state index in [0.29, 0.717) is 5.56 Å². The predicted molar refractivity (Wildman–Crippen MR) is 77.2 cm³/mol. The maximum Gasteiger partial charge on any atom is 0.198 e. The first-order valence-corrected chi connectivity index (χ1v) is 7.21. The van der Waals surface area contributed by atoms with Gasteiger partial charge in [-0.2, -0.15) is 0 Å². The van der Waals surface area contributed by atoms with Gasteiger partial charge in [0.25, 0.3) is 0 Å². The molecule has 0 aromatic heterocycles. The van der Waals surface area contributed by atoms with E-state index in [2.05, 4.69) is 0 Å². The highest BCUT2D eigenvalue weighted by Crippen LogP contribution is 2.39. The second kappa shape index (κ2) is 5.06. The summed E-state index contributed by atoms with van der Waals surface area (Å²) in [5.74, 6) is 0.785. The molecule has 106 valence electrons. The quantitative estimate of drug-likeness (QED) is 0.623. The van der Waals surface area contributed by atoms with Crippen LogP contribution >= 0.6 is 0 Å². The molecule has 0 saturated heterocycles. The summed E-state index contributed by atoms with van der Waals surface area (Å²) in [4.78, 5) is 12.7. The van der Waals surface area contributed by atoms with Crippen LogP contribution in [0.3, 0.4) is 0 Å². The first-order valence-electron chi connectivity index (χ1n) is 7.21. The summed E-state index contributed by atoms with van der Waals surface area (Å²) in [5, 5.41) is 0. The predicted octanol–water partition coefficient (Wildman–Crippen LogP) is 3.54. The van der Waals surface area contributed by atoms with Gasteiger partial charge in [-0.25, -0.2) is 0 Å². The van der Waals surface area contributed by atoms with E-state index in [1.807, 2.05) is 25.1 Å². The van der Waals surface area contributed by atoms with Gasteiger partial charge in [0.2, 0.25) is 0 Å². The van der Waals surface area contributed by atoms with Crippen molar-refractivity contribution in [2.75, 3.05) is 7.11 Å². The number of carbonyl (C=O) groups is 1. The van der Waals surface area contributed by atoms with Crippen LogP contribution in [0.1, 0.15) is 43.0 Å². The van der Waals surface area contributed by atoms with Crippen molar-refractivity contribution in [1.82, 2.24) is 0 Å². The standard InChI is InChI=1S/C17H20O3/c1-17(11-13-5-3-4-6-15(13)20-17)16(18)12-7-9-14(19-2)10-8-12/h7-11,15H,3-6H2,1-2H3/t15-,17-/m1/s1. The monoisotopic (exact) mass is 272 g/mol. The minimum absolute atomic E-state index is 0.0297. The molecule has 3 rings (SSSR count). The molecular weight excluding hydrogens is 252 g/mol. The van der Waals surface area contributed by atoms with Gasteiger partial charge in [-0.15, -0.1) is 0 Å². The van der Waals surface area contributed by atoms with Crippen LogP contribution in [0.5, 0.6) is 5.75 Å². The minimum atomic E-state index is -0.807. The fourth-order valence-electron chi connectivity index (χ4n) is 3.14. The molecule has 0 N–H and O–H groups in total. The molecule has 1 fully saturated rings. The Morgan fingerprint density at radius 1 is 1.30 bits per heavy atom. The summed E-state index contributed by atoms with van der Waals surface area (Å²) >= 11 is 0. The highest BCUT2D eigenvalue weighted by Gasteiger charge is 2.42. The van der Waals surface area contributed by atoms with Crippen LogP contribution in [0.2, 0.25) is 0 Å². The van der Waals surface area contributed by atoms with E-state index in [-0.39, 0.29) is 11.9 Å². The van der Waals surface area contributed by atoms with Crippen molar-refractivity contribution in [3.8, 4) is 5.75 Å². The van der Waals surface area contributed by atoms with Crippen molar-refractivity contribution in [2.45, 2.75) is 44.3 Å². The number of methoxy groups -OCH3 is 1. The van der Waals surface area contributed by atoms with Gasteiger partial charge in [0, 0.05) is 5.56 Å². The lowest BCUT2D eigenvalue weighted by atomic mass is 9.90. The molecule has 1 aromatic rings. The Hall–Kier alpha value is -1.61. The average molecular weight is 272 g/mol. The fraction of sp³-hybridized carbons (Fsp3) is 0.471. The maximum atomic E-state index is 12.7. The summed E-state index contributed by atoms with van der Waals surface area (Å²) in [7, 11) is 1.62. The molecule has 3 heteroatoms. The Labute approximate surface area is 119 Å². The van der Waals surface area contributed by atoms with Crippen LogP contribution < -0.4 is 4.74 Å². The topological polar surface area (TPSA) is 35.5 Å². The van der Waals surface area contributed by atoms with Gasteiger partial charge in [-0.1, -0.05) is 6.42 Å². The van der Waals surface area contributed by atoms with Crippen LogP contribution in [0.25, 0.3) is 0 Å². The van der Waals surface area contributed by atoms with Gasteiger partial charge in [-0.05, 0) is 62.1 Å². The lowest BCUT2D eigenvalue weighted by molar-refractivity contribution is -0.00979. The molecule has 1 heterocycles. The molecule has 20 heavy (non-hydrogen) atoms. The first kappa shape index (κ1) is 13.4. The third kappa shape index (κ3) is 2.27. The molecule has 1 aliphatic carbocycles. The number of ketones is 1. The molecule has 3 nitrogen and oxygen atoms in total. The number of fused-ring (bicyclic) bond motifs is 1. The molecule has 2 aliphatic rings. The second-order valence-corrected chi connectivity index (χ2v) is 5.74. The van der Waals surface area contributed by atoms with Crippen LogP contribution in [0, 0.1) is 0 Å². The van der Waals surface area contributed by atoms with Gasteiger partial charge in [0.15, 0.2) is 5.78 Å². The molecule has 0 spiro atoms. The lowest BCUT2D eigenvalue weighted by Crippen LogP contribution is -2.35. The van der Waals surface area contributed by atoms with Crippen LogP contribution in [-0.4, -0.2) is 24.6 Å². The van der Waals surface area contributed by atoms with Crippen molar-refractivity contribution in [2.24, 2.45) is 0 Å². The molecule has 1 saturated carbocycles. The summed E-state index contributed by atoms with van der Waals surface area (Å²) in [6.45, 7) is 1.88. The van der Waals surface area contributed by atoms with Crippen molar-refractivity contribution < 1.29 is 14.3 Å². The number of hydrogen-bond acceptors (Lipinski definition) is 3. The third-order valence-electron chi connectivity index (χ3n) is 4.25. The van der Waals surface area contributed by atoms with E-state index < -0.39 is 5.60 Å². The van der Waals surface area contributed by atoms with Crippen LogP contribution in [0.15, 0.2) is 35.9 Å². The zero-order valence-corrected chi connectivity index (χ0v) is 12.0. The number of rotatable bonds is 3. The van der Waals surface area contributed by atoms with Crippen LogP contribution in [0.4, 0.5) is 0 Å². The zero-order chi connectivity index (χ0) is 14.2. The molecule has 1 aliphatic heterocycles. The lowest BCUT2D eigenvalue weighted by Gasteiger charge is -2.25. The molecular formula is C17H20O3. The van der Waals surface area contributed by atoms with E-state index in [1.54, 1.807) is 19.2 Å². The SMILES string of the molecule is COc1ccc(C(=O)[C@@]2(C)C=C3CCCC[C@H]3O2)cc1. The number of hydrogen-bond donors (Lipinski definition) is 0. The van der Waals surface area contributed by atoms with E-state index in [9.17, 15) is 4.79 Å². The van der Waals surface area contributed by atoms with Gasteiger partial charge >= 0.3 is 0 Å². The summed E-state index contributed by atoms with van der Waals surface area (Å²) in [6, 6.07) is 7.23. The van der Waals surface area contributed by atoms with Crippen molar-refractivity contribution >= 4 is 5.78 Å². The number of carbonyl (C=O) groups excluding carboxylic acids is 1. The Kier molecular flexibility index (Phi) is 3.38.